The van der Waals surface area contributed by atoms with Crippen LogP contribution in [0.25, 0.3) is 0 Å². The van der Waals surface area contributed by atoms with E-state index in [2.05, 4.69) is 38.0 Å². The Morgan fingerprint density at radius 3 is 2.80 bits per heavy atom. The van der Waals surface area contributed by atoms with Gasteiger partial charge in [-0.25, -0.2) is 0 Å². The van der Waals surface area contributed by atoms with Crippen molar-refractivity contribution in [3.8, 4) is 0 Å². The molecular weight excluding hydrogens is 447 g/mol. The molecule has 1 unspecified atom stereocenters. The van der Waals surface area contributed by atoms with Crippen molar-refractivity contribution in [1.82, 2.24) is 15.5 Å². The van der Waals surface area contributed by atoms with Crippen molar-refractivity contribution in [3.05, 3.63) is 22.4 Å². The van der Waals surface area contributed by atoms with Crippen LogP contribution in [0.2, 0.25) is 0 Å². The van der Waals surface area contributed by atoms with Crippen LogP contribution >= 0.6 is 35.3 Å². The third-order valence-electron chi connectivity index (χ3n) is 5.03. The zero-order valence-electron chi connectivity index (χ0n) is 14.9. The largest absolute Gasteiger partial charge is 0.352 e. The minimum Gasteiger partial charge on any atom is -0.352 e. The van der Waals surface area contributed by atoms with Crippen molar-refractivity contribution in [2.75, 3.05) is 20.1 Å². The molecule has 25 heavy (non-hydrogen) atoms. The Morgan fingerprint density at radius 2 is 2.12 bits per heavy atom. The maximum absolute atomic E-state index is 12.6. The van der Waals surface area contributed by atoms with Gasteiger partial charge in [0.2, 0.25) is 5.91 Å². The standard InChI is InChI=1S/C18H28N4OS.HI/c1-19-18(20-12-16-8-5-11-24-16)21-15-9-10-22(13-15)17(23)14-6-3-2-4-7-14;/h5,8,11,14-15H,2-4,6-7,9-10,12-13H2,1H3,(H2,19,20,21);1H. The van der Waals surface area contributed by atoms with Crippen molar-refractivity contribution in [2.45, 2.75) is 51.1 Å². The van der Waals surface area contributed by atoms with E-state index in [0.29, 0.717) is 11.9 Å². The lowest BCUT2D eigenvalue weighted by molar-refractivity contribution is -0.135. The van der Waals surface area contributed by atoms with Gasteiger partial charge in [-0.1, -0.05) is 25.3 Å². The Morgan fingerprint density at radius 1 is 1.32 bits per heavy atom. The van der Waals surface area contributed by atoms with Crippen LogP contribution in [0.4, 0.5) is 0 Å². The number of hydrogen-bond donors (Lipinski definition) is 2. The van der Waals surface area contributed by atoms with E-state index in [1.54, 1.807) is 18.4 Å². The maximum Gasteiger partial charge on any atom is 0.225 e. The number of amides is 1. The number of rotatable bonds is 4. The summed E-state index contributed by atoms with van der Waals surface area (Å²) in [6, 6.07) is 4.47. The van der Waals surface area contributed by atoms with Gasteiger partial charge in [0.1, 0.15) is 0 Å². The fourth-order valence-electron chi connectivity index (χ4n) is 3.66. The van der Waals surface area contributed by atoms with Gasteiger partial charge >= 0.3 is 0 Å². The van der Waals surface area contributed by atoms with Crippen molar-refractivity contribution in [2.24, 2.45) is 10.9 Å². The second-order valence-corrected chi connectivity index (χ2v) is 7.79. The van der Waals surface area contributed by atoms with Crippen molar-refractivity contribution >= 4 is 47.2 Å². The van der Waals surface area contributed by atoms with E-state index in [4.69, 9.17) is 0 Å². The van der Waals surface area contributed by atoms with Gasteiger partial charge in [-0.05, 0) is 30.7 Å². The molecule has 140 valence electrons. The summed E-state index contributed by atoms with van der Waals surface area (Å²) in [4.78, 5) is 20.3. The molecule has 0 aromatic carbocycles. The van der Waals surface area contributed by atoms with Gasteiger partial charge in [0.15, 0.2) is 5.96 Å². The van der Waals surface area contributed by atoms with Crippen LogP contribution in [-0.2, 0) is 11.3 Å². The number of likely N-dealkylation sites (tertiary alicyclic amines) is 1. The van der Waals surface area contributed by atoms with Crippen LogP contribution in [-0.4, -0.2) is 42.9 Å². The number of nitrogens with one attached hydrogen (secondary N) is 2. The van der Waals surface area contributed by atoms with Crippen LogP contribution < -0.4 is 10.6 Å². The number of thiophene rings is 1. The number of guanidine groups is 1. The smallest absolute Gasteiger partial charge is 0.225 e. The second kappa shape index (κ2) is 10.4. The Hall–Kier alpha value is -0.830. The Balaban J connectivity index is 0.00000225. The summed E-state index contributed by atoms with van der Waals surface area (Å²) < 4.78 is 0. The highest BCUT2D eigenvalue weighted by Crippen LogP contribution is 2.26. The predicted octanol–water partition coefficient (Wildman–Crippen LogP) is 3.21. The lowest BCUT2D eigenvalue weighted by Crippen LogP contribution is -2.45. The molecular formula is C18H29IN4OS. The summed E-state index contributed by atoms with van der Waals surface area (Å²) in [5.41, 5.74) is 0. The van der Waals surface area contributed by atoms with Gasteiger partial charge in [0, 0.05) is 37.0 Å². The first-order chi connectivity index (χ1) is 11.8. The first kappa shape index (κ1) is 20.5. The molecule has 2 aliphatic rings. The van der Waals surface area contributed by atoms with Crippen LogP contribution in [0.3, 0.4) is 0 Å². The van der Waals surface area contributed by atoms with E-state index in [1.807, 2.05) is 0 Å². The highest BCUT2D eigenvalue weighted by molar-refractivity contribution is 14.0. The summed E-state index contributed by atoms with van der Waals surface area (Å²) in [5, 5.41) is 8.90. The Kier molecular flexibility index (Phi) is 8.48. The number of hydrogen-bond acceptors (Lipinski definition) is 3. The second-order valence-electron chi connectivity index (χ2n) is 6.75. The third-order valence-corrected chi connectivity index (χ3v) is 5.91. The summed E-state index contributed by atoms with van der Waals surface area (Å²) in [7, 11) is 1.80. The molecule has 3 rings (SSSR count). The van der Waals surface area contributed by atoms with Crippen molar-refractivity contribution < 1.29 is 4.79 Å². The molecule has 7 heteroatoms. The van der Waals surface area contributed by atoms with E-state index >= 15 is 0 Å². The first-order valence-electron chi connectivity index (χ1n) is 9.04. The Bertz CT molecular complexity index is 557. The van der Waals surface area contributed by atoms with Crippen LogP contribution in [0.5, 0.6) is 0 Å². The van der Waals surface area contributed by atoms with Crippen LogP contribution in [0, 0.1) is 5.92 Å². The molecule has 1 saturated carbocycles. The summed E-state index contributed by atoms with van der Waals surface area (Å²) >= 11 is 1.74. The van der Waals surface area contributed by atoms with Gasteiger partial charge in [-0.15, -0.1) is 35.3 Å². The lowest BCUT2D eigenvalue weighted by Gasteiger charge is -2.26. The molecule has 1 aromatic rings. The third kappa shape index (κ3) is 5.84. The molecule has 2 heterocycles. The SMILES string of the molecule is CN=C(NCc1cccs1)NC1CCN(C(=O)C2CCCCC2)C1.I. The van der Waals surface area contributed by atoms with E-state index in [1.165, 1.54) is 24.1 Å². The number of aliphatic imine (C=N–C) groups is 1. The van der Waals surface area contributed by atoms with Crippen LogP contribution in [0.1, 0.15) is 43.4 Å². The molecule has 1 aromatic heterocycles. The quantitative estimate of drug-likeness (QED) is 0.399. The fraction of sp³-hybridized carbons (Fsp3) is 0.667. The van der Waals surface area contributed by atoms with Crippen molar-refractivity contribution in [3.63, 3.8) is 0 Å². The topological polar surface area (TPSA) is 56.7 Å². The van der Waals surface area contributed by atoms with E-state index in [0.717, 1.165) is 44.9 Å². The van der Waals surface area contributed by atoms with E-state index < -0.39 is 0 Å². The first-order valence-corrected chi connectivity index (χ1v) is 9.92. The molecule has 1 aliphatic heterocycles. The molecule has 0 spiro atoms. The summed E-state index contributed by atoms with van der Waals surface area (Å²) in [5.74, 6) is 1.47. The average molecular weight is 476 g/mol. The average Bonchev–Trinajstić information content (AvgIpc) is 3.30. The fourth-order valence-corrected chi connectivity index (χ4v) is 4.30. The number of carbonyl (C=O) groups is 1. The molecule has 0 radical (unpaired) electrons. The molecule has 1 aliphatic carbocycles. The lowest BCUT2D eigenvalue weighted by atomic mass is 9.88. The van der Waals surface area contributed by atoms with Gasteiger partial charge in [0.05, 0.1) is 6.54 Å². The molecule has 1 amide bonds. The number of halogens is 1. The maximum atomic E-state index is 12.6. The molecule has 2 N–H and O–H groups in total. The van der Waals surface area contributed by atoms with Gasteiger partial charge in [-0.3, -0.25) is 9.79 Å². The molecule has 1 saturated heterocycles. The molecule has 1 atom stereocenters. The summed E-state index contributed by atoms with van der Waals surface area (Å²) in [6.45, 7) is 2.46. The highest BCUT2D eigenvalue weighted by atomic mass is 127. The van der Waals surface area contributed by atoms with E-state index in [-0.39, 0.29) is 29.9 Å². The van der Waals surface area contributed by atoms with Gasteiger partial charge in [-0.2, -0.15) is 0 Å². The normalized spacial score (nSPS) is 21.7. The highest BCUT2D eigenvalue weighted by Gasteiger charge is 2.31. The van der Waals surface area contributed by atoms with Crippen LogP contribution in [0.15, 0.2) is 22.5 Å². The predicted molar refractivity (Wildman–Crippen MR) is 115 cm³/mol. The number of nitrogens with zero attached hydrogens (tertiary/aromatic N) is 2. The minimum absolute atomic E-state index is 0. The zero-order chi connectivity index (χ0) is 16.8. The molecule has 5 nitrogen and oxygen atoms in total. The van der Waals surface area contributed by atoms with Gasteiger partial charge < -0.3 is 15.5 Å². The molecule has 0 bridgehead atoms. The van der Waals surface area contributed by atoms with E-state index in [9.17, 15) is 4.79 Å². The summed E-state index contributed by atoms with van der Waals surface area (Å²) in [6.07, 6.45) is 6.88. The Labute approximate surface area is 171 Å². The number of carbonyl (C=O) groups excluding carboxylic acids is 1. The van der Waals surface area contributed by atoms with Crippen molar-refractivity contribution in [1.29, 1.82) is 0 Å². The zero-order valence-corrected chi connectivity index (χ0v) is 18.0. The molecule has 2 fully saturated rings. The monoisotopic (exact) mass is 476 g/mol. The van der Waals surface area contributed by atoms with Gasteiger partial charge in [0.25, 0.3) is 0 Å². The minimum atomic E-state index is 0.